The largest absolute Gasteiger partial charge is 0.326 e. The van der Waals surface area contributed by atoms with Crippen molar-refractivity contribution >= 4 is 35.0 Å². The monoisotopic (exact) mass is 473 g/mol. The van der Waals surface area contributed by atoms with Crippen LogP contribution >= 0.6 is 0 Å². The topological polar surface area (TPSA) is 86.8 Å². The van der Waals surface area contributed by atoms with E-state index in [0.29, 0.717) is 17.8 Å². The van der Waals surface area contributed by atoms with E-state index in [4.69, 9.17) is 0 Å². The van der Waals surface area contributed by atoms with Crippen LogP contribution in [0.3, 0.4) is 0 Å². The van der Waals surface area contributed by atoms with Crippen molar-refractivity contribution in [2.75, 3.05) is 16.8 Å². The zero-order valence-electron chi connectivity index (χ0n) is 19.1. The van der Waals surface area contributed by atoms with Crippen molar-refractivity contribution in [1.29, 1.82) is 0 Å². The number of carbonyl (C=O) groups is 4. The van der Waals surface area contributed by atoms with Crippen molar-refractivity contribution < 1.29 is 23.6 Å². The second-order valence-electron chi connectivity index (χ2n) is 8.23. The summed E-state index contributed by atoms with van der Waals surface area (Å²) in [6.07, 6.45) is 0.228. The van der Waals surface area contributed by atoms with E-state index in [1.54, 1.807) is 30.3 Å². The Kier molecular flexibility index (Phi) is 7.01. The fourth-order valence-corrected chi connectivity index (χ4v) is 4.11. The van der Waals surface area contributed by atoms with Gasteiger partial charge in [-0.05, 0) is 48.4 Å². The highest BCUT2D eigenvalue weighted by Crippen LogP contribution is 2.28. The highest BCUT2D eigenvalue weighted by molar-refractivity contribution is 6.23. The SMILES string of the molecule is CC(=O)Nc1ccc(N2C(=O)CC(N(CCc3ccccc3)C(=O)c3ccccc3F)C2=O)cc1. The van der Waals surface area contributed by atoms with Gasteiger partial charge in [-0.15, -0.1) is 0 Å². The van der Waals surface area contributed by atoms with Crippen LogP contribution in [0, 0.1) is 5.82 Å². The van der Waals surface area contributed by atoms with Crippen LogP contribution in [-0.4, -0.2) is 41.1 Å². The number of nitrogens with zero attached hydrogens (tertiary/aromatic N) is 2. The lowest BCUT2D eigenvalue weighted by atomic mass is 10.1. The predicted octanol–water partition coefficient (Wildman–Crippen LogP) is 3.80. The first-order chi connectivity index (χ1) is 16.8. The van der Waals surface area contributed by atoms with Crippen LogP contribution in [-0.2, 0) is 20.8 Å². The van der Waals surface area contributed by atoms with Gasteiger partial charge in [0.2, 0.25) is 11.8 Å². The number of amides is 4. The highest BCUT2D eigenvalue weighted by Gasteiger charge is 2.44. The number of anilines is 2. The maximum absolute atomic E-state index is 14.5. The Bertz CT molecular complexity index is 1260. The van der Waals surface area contributed by atoms with Gasteiger partial charge in [0, 0.05) is 19.2 Å². The minimum absolute atomic E-state index is 0.135. The molecule has 0 bridgehead atoms. The molecule has 1 aliphatic rings. The molecule has 1 saturated heterocycles. The molecule has 1 aliphatic heterocycles. The quantitative estimate of drug-likeness (QED) is 0.529. The van der Waals surface area contributed by atoms with E-state index in [2.05, 4.69) is 5.32 Å². The van der Waals surface area contributed by atoms with E-state index < -0.39 is 29.6 Å². The van der Waals surface area contributed by atoms with Gasteiger partial charge in [-0.2, -0.15) is 0 Å². The molecule has 1 fully saturated rings. The van der Waals surface area contributed by atoms with Crippen LogP contribution in [0.4, 0.5) is 15.8 Å². The number of hydrogen-bond acceptors (Lipinski definition) is 4. The number of carbonyl (C=O) groups excluding carboxylic acids is 4. The van der Waals surface area contributed by atoms with Crippen molar-refractivity contribution in [2.24, 2.45) is 0 Å². The van der Waals surface area contributed by atoms with E-state index in [1.165, 1.54) is 30.0 Å². The Morgan fingerprint density at radius 1 is 0.971 bits per heavy atom. The van der Waals surface area contributed by atoms with Crippen LogP contribution in [0.2, 0.25) is 0 Å². The molecule has 178 valence electrons. The van der Waals surface area contributed by atoms with Gasteiger partial charge in [0.05, 0.1) is 17.7 Å². The molecule has 1 heterocycles. The third-order valence-corrected chi connectivity index (χ3v) is 5.79. The molecule has 0 spiro atoms. The second kappa shape index (κ2) is 10.3. The van der Waals surface area contributed by atoms with Gasteiger partial charge in [0.25, 0.3) is 11.8 Å². The number of imide groups is 1. The summed E-state index contributed by atoms with van der Waals surface area (Å²) < 4.78 is 14.5. The van der Waals surface area contributed by atoms with Crippen LogP contribution in [0.5, 0.6) is 0 Å². The van der Waals surface area contributed by atoms with E-state index >= 15 is 0 Å². The van der Waals surface area contributed by atoms with Crippen molar-refractivity contribution in [2.45, 2.75) is 25.8 Å². The Morgan fingerprint density at radius 2 is 1.63 bits per heavy atom. The second-order valence-corrected chi connectivity index (χ2v) is 8.23. The summed E-state index contributed by atoms with van der Waals surface area (Å²) in [5, 5.41) is 2.63. The summed E-state index contributed by atoms with van der Waals surface area (Å²) in [5.74, 6) is -2.59. The van der Waals surface area contributed by atoms with Crippen molar-refractivity contribution in [3.63, 3.8) is 0 Å². The lowest BCUT2D eigenvalue weighted by molar-refractivity contribution is -0.122. The van der Waals surface area contributed by atoms with Gasteiger partial charge in [0.15, 0.2) is 0 Å². The number of nitrogens with one attached hydrogen (secondary N) is 1. The molecule has 0 radical (unpaired) electrons. The fourth-order valence-electron chi connectivity index (χ4n) is 4.11. The van der Waals surface area contributed by atoms with Crippen molar-refractivity contribution in [1.82, 2.24) is 4.90 Å². The van der Waals surface area contributed by atoms with Crippen LogP contribution < -0.4 is 10.2 Å². The minimum Gasteiger partial charge on any atom is -0.326 e. The molecule has 1 unspecified atom stereocenters. The molecule has 1 N–H and O–H groups in total. The fraction of sp³-hybridized carbons (Fsp3) is 0.185. The molecular weight excluding hydrogens is 449 g/mol. The normalized spacial score (nSPS) is 15.3. The van der Waals surface area contributed by atoms with Crippen molar-refractivity contribution in [3.8, 4) is 0 Å². The van der Waals surface area contributed by atoms with Crippen LogP contribution in [0.1, 0.15) is 29.3 Å². The number of rotatable bonds is 7. The summed E-state index contributed by atoms with van der Waals surface area (Å²) in [5.41, 5.74) is 1.65. The summed E-state index contributed by atoms with van der Waals surface area (Å²) in [7, 11) is 0. The third kappa shape index (κ3) is 5.27. The average molecular weight is 474 g/mol. The zero-order chi connectivity index (χ0) is 24.9. The molecule has 3 aromatic rings. The molecule has 3 aromatic carbocycles. The molecule has 0 aromatic heterocycles. The molecule has 7 nitrogen and oxygen atoms in total. The molecule has 35 heavy (non-hydrogen) atoms. The van der Waals surface area contributed by atoms with Gasteiger partial charge >= 0.3 is 0 Å². The standard InChI is InChI=1S/C27H24FN3O4/c1-18(32)29-20-11-13-21(14-12-20)31-25(33)17-24(27(31)35)30(16-15-19-7-3-2-4-8-19)26(34)22-9-5-6-10-23(22)28/h2-14,24H,15-17H2,1H3,(H,29,32). The Hall–Kier alpha value is -4.33. The third-order valence-electron chi connectivity index (χ3n) is 5.79. The summed E-state index contributed by atoms with van der Waals surface area (Å²) >= 11 is 0. The van der Waals surface area contributed by atoms with Crippen LogP contribution in [0.15, 0.2) is 78.9 Å². The van der Waals surface area contributed by atoms with E-state index in [-0.39, 0.29) is 24.4 Å². The summed E-state index contributed by atoms with van der Waals surface area (Å²) in [4.78, 5) is 53.2. The lowest BCUT2D eigenvalue weighted by Crippen LogP contribution is -2.46. The molecule has 4 amide bonds. The molecule has 0 aliphatic carbocycles. The molecule has 4 rings (SSSR count). The van der Waals surface area contributed by atoms with Gasteiger partial charge in [-0.1, -0.05) is 42.5 Å². The number of hydrogen-bond donors (Lipinski definition) is 1. The summed E-state index contributed by atoms with van der Waals surface area (Å²) in [6.45, 7) is 1.51. The first-order valence-corrected chi connectivity index (χ1v) is 11.2. The molecule has 1 atom stereocenters. The predicted molar refractivity (Wildman–Crippen MR) is 129 cm³/mol. The zero-order valence-corrected chi connectivity index (χ0v) is 19.1. The average Bonchev–Trinajstić information content (AvgIpc) is 3.14. The smallest absolute Gasteiger partial charge is 0.257 e. The molecule has 8 heteroatoms. The maximum atomic E-state index is 14.5. The first kappa shape index (κ1) is 23.8. The summed E-state index contributed by atoms with van der Waals surface area (Å²) in [6, 6.07) is 20.2. The Balaban J connectivity index is 1.61. The van der Waals surface area contributed by atoms with Gasteiger partial charge in [0.1, 0.15) is 11.9 Å². The lowest BCUT2D eigenvalue weighted by Gasteiger charge is -2.28. The Morgan fingerprint density at radius 3 is 2.29 bits per heavy atom. The van der Waals surface area contributed by atoms with Gasteiger partial charge in [-0.3, -0.25) is 19.2 Å². The van der Waals surface area contributed by atoms with E-state index in [0.717, 1.165) is 10.5 Å². The van der Waals surface area contributed by atoms with Gasteiger partial charge in [-0.25, -0.2) is 9.29 Å². The number of benzene rings is 3. The molecular formula is C27H24FN3O4. The molecule has 0 saturated carbocycles. The van der Waals surface area contributed by atoms with E-state index in [1.807, 2.05) is 30.3 Å². The minimum atomic E-state index is -1.06. The maximum Gasteiger partial charge on any atom is 0.257 e. The number of halogens is 1. The van der Waals surface area contributed by atoms with Crippen LogP contribution in [0.25, 0.3) is 0 Å². The van der Waals surface area contributed by atoms with Crippen molar-refractivity contribution in [3.05, 3.63) is 95.8 Å². The Labute approximate surface area is 202 Å². The first-order valence-electron chi connectivity index (χ1n) is 11.2. The highest BCUT2D eigenvalue weighted by atomic mass is 19.1. The van der Waals surface area contributed by atoms with Gasteiger partial charge < -0.3 is 10.2 Å². The van der Waals surface area contributed by atoms with E-state index in [9.17, 15) is 23.6 Å².